The lowest BCUT2D eigenvalue weighted by Gasteiger charge is -2.28. The average molecular weight is 431 g/mol. The first kappa shape index (κ1) is 21.2. The molecule has 0 fully saturated rings. The summed E-state index contributed by atoms with van der Waals surface area (Å²) >= 11 is 3.42. The van der Waals surface area contributed by atoms with Gasteiger partial charge in [-0.15, -0.1) is 0 Å². The SMILES string of the molecule is CCc1ccc(CCC(=O)N(Cc2ccc(Br)cc2)[C@@H](C)C(=O)NC)cc1. The van der Waals surface area contributed by atoms with Gasteiger partial charge in [0.1, 0.15) is 6.04 Å². The number of halogens is 1. The second kappa shape index (κ2) is 10.3. The van der Waals surface area contributed by atoms with Crippen molar-refractivity contribution in [2.75, 3.05) is 7.05 Å². The molecule has 2 aromatic carbocycles. The maximum atomic E-state index is 12.9. The van der Waals surface area contributed by atoms with Crippen LogP contribution in [0.15, 0.2) is 53.0 Å². The number of amides is 2. The van der Waals surface area contributed by atoms with Crippen molar-refractivity contribution >= 4 is 27.7 Å². The number of carbonyl (C=O) groups is 2. The van der Waals surface area contributed by atoms with Crippen LogP contribution in [-0.4, -0.2) is 29.8 Å². The largest absolute Gasteiger partial charge is 0.357 e. The van der Waals surface area contributed by atoms with Gasteiger partial charge >= 0.3 is 0 Å². The van der Waals surface area contributed by atoms with Crippen LogP contribution in [0, 0.1) is 0 Å². The molecule has 2 aromatic rings. The number of carbonyl (C=O) groups excluding carboxylic acids is 2. The maximum Gasteiger partial charge on any atom is 0.242 e. The predicted octanol–water partition coefficient (Wildman–Crippen LogP) is 4.11. The third kappa shape index (κ3) is 6.21. The molecule has 0 spiro atoms. The molecule has 0 aliphatic rings. The van der Waals surface area contributed by atoms with Gasteiger partial charge in [-0.3, -0.25) is 9.59 Å². The van der Waals surface area contributed by atoms with Gasteiger partial charge in [-0.25, -0.2) is 0 Å². The van der Waals surface area contributed by atoms with Gasteiger partial charge in [0.05, 0.1) is 0 Å². The normalized spacial score (nSPS) is 11.7. The summed E-state index contributed by atoms with van der Waals surface area (Å²) in [7, 11) is 1.59. The van der Waals surface area contributed by atoms with Gasteiger partial charge in [0.25, 0.3) is 0 Å². The monoisotopic (exact) mass is 430 g/mol. The average Bonchev–Trinajstić information content (AvgIpc) is 2.70. The molecular weight excluding hydrogens is 404 g/mol. The zero-order chi connectivity index (χ0) is 19.8. The molecule has 0 aliphatic heterocycles. The fourth-order valence-corrected chi connectivity index (χ4v) is 3.18. The van der Waals surface area contributed by atoms with E-state index in [2.05, 4.69) is 52.4 Å². The molecule has 0 bridgehead atoms. The Morgan fingerprint density at radius 3 is 2.11 bits per heavy atom. The van der Waals surface area contributed by atoms with Crippen molar-refractivity contribution in [3.8, 4) is 0 Å². The zero-order valence-electron chi connectivity index (χ0n) is 16.2. The Hall–Kier alpha value is -2.14. The first-order valence-electron chi connectivity index (χ1n) is 9.28. The first-order chi connectivity index (χ1) is 12.9. The molecule has 27 heavy (non-hydrogen) atoms. The van der Waals surface area contributed by atoms with E-state index in [1.807, 2.05) is 24.3 Å². The first-order valence-corrected chi connectivity index (χ1v) is 10.1. The lowest BCUT2D eigenvalue weighted by Crippen LogP contribution is -2.46. The van der Waals surface area contributed by atoms with E-state index in [0.29, 0.717) is 19.4 Å². The third-order valence-electron chi connectivity index (χ3n) is 4.74. The van der Waals surface area contributed by atoms with Gasteiger partial charge in [-0.05, 0) is 48.6 Å². The molecule has 2 rings (SSSR count). The minimum absolute atomic E-state index is 0.0198. The van der Waals surface area contributed by atoms with Crippen LogP contribution in [0.1, 0.15) is 37.0 Å². The summed E-state index contributed by atoms with van der Waals surface area (Å²) in [5.41, 5.74) is 3.42. The molecule has 5 heteroatoms. The Labute approximate surface area is 170 Å². The lowest BCUT2D eigenvalue weighted by molar-refractivity contribution is -0.140. The van der Waals surface area contributed by atoms with Crippen molar-refractivity contribution in [1.82, 2.24) is 10.2 Å². The van der Waals surface area contributed by atoms with Crippen LogP contribution in [0.25, 0.3) is 0 Å². The molecule has 144 valence electrons. The fourth-order valence-electron chi connectivity index (χ4n) is 2.91. The zero-order valence-corrected chi connectivity index (χ0v) is 17.8. The number of benzene rings is 2. The number of hydrogen-bond donors (Lipinski definition) is 1. The van der Waals surface area contributed by atoms with Gasteiger partial charge in [-0.2, -0.15) is 0 Å². The van der Waals surface area contributed by atoms with Crippen molar-refractivity contribution in [2.45, 2.75) is 45.7 Å². The van der Waals surface area contributed by atoms with Crippen LogP contribution in [0.3, 0.4) is 0 Å². The highest BCUT2D eigenvalue weighted by atomic mass is 79.9. The molecule has 0 saturated carbocycles. The molecule has 4 nitrogen and oxygen atoms in total. The van der Waals surface area contributed by atoms with Crippen molar-refractivity contribution in [3.63, 3.8) is 0 Å². The van der Waals surface area contributed by atoms with Crippen molar-refractivity contribution in [2.24, 2.45) is 0 Å². The molecule has 0 aromatic heterocycles. The number of nitrogens with one attached hydrogen (secondary N) is 1. The Balaban J connectivity index is 2.09. The summed E-state index contributed by atoms with van der Waals surface area (Å²) in [6.07, 6.45) is 2.05. The second-order valence-corrected chi connectivity index (χ2v) is 7.52. The van der Waals surface area contributed by atoms with Gasteiger partial charge in [0.15, 0.2) is 0 Å². The van der Waals surface area contributed by atoms with E-state index in [-0.39, 0.29) is 11.8 Å². The molecule has 0 unspecified atom stereocenters. The Kier molecular flexibility index (Phi) is 8.04. The second-order valence-electron chi connectivity index (χ2n) is 6.61. The predicted molar refractivity (Wildman–Crippen MR) is 112 cm³/mol. The molecule has 0 radical (unpaired) electrons. The number of aryl methyl sites for hydroxylation is 2. The third-order valence-corrected chi connectivity index (χ3v) is 5.27. The van der Waals surface area contributed by atoms with Crippen molar-refractivity contribution in [3.05, 3.63) is 69.7 Å². The van der Waals surface area contributed by atoms with E-state index in [9.17, 15) is 9.59 Å². The highest BCUT2D eigenvalue weighted by Crippen LogP contribution is 2.16. The highest BCUT2D eigenvalue weighted by molar-refractivity contribution is 9.10. The topological polar surface area (TPSA) is 49.4 Å². The van der Waals surface area contributed by atoms with Crippen LogP contribution < -0.4 is 5.32 Å². The van der Waals surface area contributed by atoms with E-state index >= 15 is 0 Å². The van der Waals surface area contributed by atoms with Gasteiger partial charge < -0.3 is 10.2 Å². The Bertz CT molecular complexity index is 757. The molecule has 2 amide bonds. The fraction of sp³-hybridized carbons (Fsp3) is 0.364. The van der Waals surface area contributed by atoms with Gasteiger partial charge in [-0.1, -0.05) is 59.3 Å². The van der Waals surface area contributed by atoms with E-state index in [4.69, 9.17) is 0 Å². The van der Waals surface area contributed by atoms with E-state index in [1.165, 1.54) is 5.56 Å². The summed E-state index contributed by atoms with van der Waals surface area (Å²) in [6.45, 7) is 4.31. The number of rotatable bonds is 8. The van der Waals surface area contributed by atoms with E-state index in [0.717, 1.165) is 22.0 Å². The number of hydrogen-bond acceptors (Lipinski definition) is 2. The maximum absolute atomic E-state index is 12.9. The summed E-state index contributed by atoms with van der Waals surface area (Å²) in [4.78, 5) is 26.7. The van der Waals surface area contributed by atoms with Crippen LogP contribution in [0.5, 0.6) is 0 Å². The molecule has 0 aliphatic carbocycles. The van der Waals surface area contributed by atoms with Crippen molar-refractivity contribution in [1.29, 1.82) is 0 Å². The molecule has 1 atom stereocenters. The van der Waals surface area contributed by atoms with Crippen LogP contribution >= 0.6 is 15.9 Å². The Morgan fingerprint density at radius 2 is 1.56 bits per heavy atom. The minimum Gasteiger partial charge on any atom is -0.357 e. The van der Waals surface area contributed by atoms with E-state index < -0.39 is 6.04 Å². The van der Waals surface area contributed by atoms with Crippen molar-refractivity contribution < 1.29 is 9.59 Å². The van der Waals surface area contributed by atoms with Gasteiger partial charge in [0, 0.05) is 24.5 Å². The smallest absolute Gasteiger partial charge is 0.242 e. The van der Waals surface area contributed by atoms with Crippen LogP contribution in [0.4, 0.5) is 0 Å². The summed E-state index contributed by atoms with van der Waals surface area (Å²) < 4.78 is 0.985. The van der Waals surface area contributed by atoms with E-state index in [1.54, 1.807) is 18.9 Å². The molecule has 1 N–H and O–H groups in total. The standard InChI is InChI=1S/C22H27BrN2O2/c1-4-17-5-7-18(8-6-17)11-14-21(26)25(16(2)22(27)24-3)15-19-9-12-20(23)13-10-19/h5-10,12-13,16H,4,11,14-15H2,1-3H3,(H,24,27)/t16-/m0/s1. The molecular formula is C22H27BrN2O2. The summed E-state index contributed by atoms with van der Waals surface area (Å²) in [5.74, 6) is -0.179. The highest BCUT2D eigenvalue weighted by Gasteiger charge is 2.25. The van der Waals surface area contributed by atoms with Crippen LogP contribution in [-0.2, 0) is 29.0 Å². The molecule has 0 heterocycles. The van der Waals surface area contributed by atoms with Gasteiger partial charge in [0.2, 0.25) is 11.8 Å². The summed E-state index contributed by atoms with van der Waals surface area (Å²) in [5, 5.41) is 2.64. The number of likely N-dealkylation sites (N-methyl/N-ethyl adjacent to an activating group) is 1. The number of nitrogens with zero attached hydrogens (tertiary/aromatic N) is 1. The minimum atomic E-state index is -0.520. The molecule has 0 saturated heterocycles. The van der Waals surface area contributed by atoms with Crippen LogP contribution in [0.2, 0.25) is 0 Å². The lowest BCUT2D eigenvalue weighted by atomic mass is 10.0. The Morgan fingerprint density at radius 1 is 1.00 bits per heavy atom. The summed E-state index contributed by atoms with van der Waals surface area (Å²) in [6, 6.07) is 15.7. The quantitative estimate of drug-likeness (QED) is 0.684.